The zero-order chi connectivity index (χ0) is 16.8. The molecule has 126 valence electrons. The molecule has 0 saturated carbocycles. The number of alkyl halides is 2. The summed E-state index contributed by atoms with van der Waals surface area (Å²) < 4.78 is 35.6. The average Bonchev–Trinajstić information content (AvgIpc) is 2.77. The maximum absolute atomic E-state index is 13.3. The third kappa shape index (κ3) is 2.97. The SMILES string of the molecule is CC1CCC(C(=O)O)C(C)N1Cc1cccc2c1OC(F)(F)O2. The summed E-state index contributed by atoms with van der Waals surface area (Å²) in [5, 5.41) is 9.33. The van der Waals surface area contributed by atoms with Crippen LogP contribution in [0.1, 0.15) is 32.3 Å². The number of likely N-dealkylation sites (tertiary alicyclic amines) is 1. The van der Waals surface area contributed by atoms with E-state index in [9.17, 15) is 18.7 Å². The van der Waals surface area contributed by atoms with Crippen molar-refractivity contribution in [3.63, 3.8) is 0 Å². The van der Waals surface area contributed by atoms with Gasteiger partial charge in [-0.15, -0.1) is 8.78 Å². The molecule has 1 fully saturated rings. The molecule has 2 aliphatic heterocycles. The summed E-state index contributed by atoms with van der Waals surface area (Å²) in [5.74, 6) is -1.23. The molecule has 7 heteroatoms. The molecule has 2 heterocycles. The highest BCUT2D eigenvalue weighted by Crippen LogP contribution is 2.44. The minimum Gasteiger partial charge on any atom is -0.481 e. The van der Waals surface area contributed by atoms with Gasteiger partial charge in [0.15, 0.2) is 11.5 Å². The maximum Gasteiger partial charge on any atom is 0.586 e. The maximum atomic E-state index is 13.3. The van der Waals surface area contributed by atoms with E-state index in [0.717, 1.165) is 6.42 Å². The molecular formula is C16H19F2NO4. The molecule has 3 atom stereocenters. The van der Waals surface area contributed by atoms with Crippen LogP contribution < -0.4 is 9.47 Å². The first kappa shape index (κ1) is 16.0. The molecule has 0 aliphatic carbocycles. The molecule has 0 spiro atoms. The van der Waals surface area contributed by atoms with Crippen molar-refractivity contribution in [2.45, 2.75) is 51.6 Å². The Morgan fingerprint density at radius 1 is 1.35 bits per heavy atom. The van der Waals surface area contributed by atoms with Crippen molar-refractivity contribution in [3.8, 4) is 11.5 Å². The predicted octanol–water partition coefficient (Wildman–Crippen LogP) is 3.08. The molecule has 3 rings (SSSR count). The Hall–Kier alpha value is -1.89. The number of fused-ring (bicyclic) bond motifs is 1. The van der Waals surface area contributed by atoms with E-state index in [2.05, 4.69) is 9.47 Å². The molecule has 1 aromatic carbocycles. The molecule has 23 heavy (non-hydrogen) atoms. The molecule has 2 aliphatic rings. The first-order valence-corrected chi connectivity index (χ1v) is 7.65. The molecule has 0 bridgehead atoms. The van der Waals surface area contributed by atoms with E-state index in [-0.39, 0.29) is 23.6 Å². The number of rotatable bonds is 3. The van der Waals surface area contributed by atoms with Crippen LogP contribution in [0.2, 0.25) is 0 Å². The number of carboxylic acid groups (broad SMARTS) is 1. The summed E-state index contributed by atoms with van der Waals surface area (Å²) in [6, 6.07) is 4.75. The molecule has 0 amide bonds. The monoisotopic (exact) mass is 327 g/mol. The number of aliphatic carboxylic acids is 1. The van der Waals surface area contributed by atoms with Gasteiger partial charge in [-0.2, -0.15) is 0 Å². The van der Waals surface area contributed by atoms with Crippen molar-refractivity contribution < 1.29 is 28.2 Å². The Balaban J connectivity index is 1.85. The number of hydrogen-bond acceptors (Lipinski definition) is 4. The fraction of sp³-hybridized carbons (Fsp3) is 0.562. The van der Waals surface area contributed by atoms with Crippen molar-refractivity contribution >= 4 is 5.97 Å². The summed E-state index contributed by atoms with van der Waals surface area (Å²) in [7, 11) is 0. The molecule has 0 aromatic heterocycles. The lowest BCUT2D eigenvalue weighted by Gasteiger charge is -2.42. The topological polar surface area (TPSA) is 59.0 Å². The number of ether oxygens (including phenoxy) is 2. The van der Waals surface area contributed by atoms with Gasteiger partial charge in [0.05, 0.1) is 5.92 Å². The van der Waals surface area contributed by atoms with Crippen LogP contribution in [0.25, 0.3) is 0 Å². The molecule has 5 nitrogen and oxygen atoms in total. The molecule has 1 N–H and O–H groups in total. The van der Waals surface area contributed by atoms with Crippen molar-refractivity contribution in [2.75, 3.05) is 0 Å². The zero-order valence-electron chi connectivity index (χ0n) is 13.0. The van der Waals surface area contributed by atoms with Gasteiger partial charge in [-0.25, -0.2) is 0 Å². The number of piperidine rings is 1. The number of carboxylic acids is 1. The number of para-hydroxylation sites is 1. The van der Waals surface area contributed by atoms with Gasteiger partial charge in [-0.1, -0.05) is 12.1 Å². The summed E-state index contributed by atoms with van der Waals surface area (Å²) in [6.45, 7) is 4.22. The highest BCUT2D eigenvalue weighted by molar-refractivity contribution is 5.71. The summed E-state index contributed by atoms with van der Waals surface area (Å²) >= 11 is 0. The fourth-order valence-corrected chi connectivity index (χ4v) is 3.44. The van der Waals surface area contributed by atoms with Crippen LogP contribution in [-0.2, 0) is 11.3 Å². The second-order valence-electron chi connectivity index (χ2n) is 6.20. The smallest absolute Gasteiger partial charge is 0.481 e. The summed E-state index contributed by atoms with van der Waals surface area (Å²) in [4.78, 5) is 13.4. The second kappa shape index (κ2) is 5.63. The minimum absolute atomic E-state index is 0.0135. The van der Waals surface area contributed by atoms with Crippen LogP contribution in [0.4, 0.5) is 8.78 Å². The van der Waals surface area contributed by atoms with Crippen LogP contribution in [0.5, 0.6) is 11.5 Å². The Kier molecular flexibility index (Phi) is 3.91. The van der Waals surface area contributed by atoms with Crippen LogP contribution in [0.15, 0.2) is 18.2 Å². The van der Waals surface area contributed by atoms with Crippen molar-refractivity contribution in [1.82, 2.24) is 4.90 Å². The summed E-state index contributed by atoms with van der Waals surface area (Å²) in [6.07, 6.45) is -2.27. The van der Waals surface area contributed by atoms with Gasteiger partial charge in [0.2, 0.25) is 0 Å². The Morgan fingerprint density at radius 2 is 2.09 bits per heavy atom. The lowest BCUT2D eigenvalue weighted by molar-refractivity contribution is -0.287. The predicted molar refractivity (Wildman–Crippen MR) is 77.5 cm³/mol. The number of halogens is 2. The fourth-order valence-electron chi connectivity index (χ4n) is 3.44. The van der Waals surface area contributed by atoms with Gasteiger partial charge in [0, 0.05) is 24.2 Å². The van der Waals surface area contributed by atoms with Crippen LogP contribution in [0, 0.1) is 5.92 Å². The first-order valence-electron chi connectivity index (χ1n) is 7.65. The third-order valence-corrected chi connectivity index (χ3v) is 4.75. The van der Waals surface area contributed by atoms with Gasteiger partial charge in [-0.3, -0.25) is 9.69 Å². The second-order valence-corrected chi connectivity index (χ2v) is 6.20. The first-order chi connectivity index (χ1) is 10.8. The lowest BCUT2D eigenvalue weighted by Crippen LogP contribution is -2.50. The van der Waals surface area contributed by atoms with Crippen molar-refractivity contribution in [3.05, 3.63) is 23.8 Å². The summed E-state index contributed by atoms with van der Waals surface area (Å²) in [5.41, 5.74) is 0.574. The Bertz CT molecular complexity index is 622. The standard InChI is InChI=1S/C16H19F2NO4/c1-9-6-7-12(15(20)21)10(2)19(9)8-11-4-3-5-13-14(11)23-16(17,18)22-13/h3-5,9-10,12H,6-8H2,1-2H3,(H,20,21). The number of carbonyl (C=O) groups is 1. The molecule has 1 saturated heterocycles. The molecule has 0 radical (unpaired) electrons. The van der Waals surface area contributed by atoms with Gasteiger partial charge >= 0.3 is 12.3 Å². The van der Waals surface area contributed by atoms with Gasteiger partial charge in [-0.05, 0) is 32.8 Å². The normalized spacial score (nSPS) is 29.5. The van der Waals surface area contributed by atoms with Crippen LogP contribution >= 0.6 is 0 Å². The third-order valence-electron chi connectivity index (χ3n) is 4.75. The zero-order valence-corrected chi connectivity index (χ0v) is 13.0. The van der Waals surface area contributed by atoms with Crippen LogP contribution in [-0.4, -0.2) is 34.4 Å². The highest BCUT2D eigenvalue weighted by atomic mass is 19.3. The van der Waals surface area contributed by atoms with E-state index >= 15 is 0 Å². The van der Waals surface area contributed by atoms with E-state index in [0.29, 0.717) is 18.5 Å². The quantitative estimate of drug-likeness (QED) is 0.924. The van der Waals surface area contributed by atoms with Gasteiger partial charge in [0.25, 0.3) is 0 Å². The Morgan fingerprint density at radius 3 is 2.78 bits per heavy atom. The lowest BCUT2D eigenvalue weighted by atomic mass is 9.86. The Labute approximate surface area is 132 Å². The molecule has 1 aromatic rings. The van der Waals surface area contributed by atoms with E-state index in [1.807, 2.05) is 18.7 Å². The number of benzene rings is 1. The molecular weight excluding hydrogens is 308 g/mol. The minimum atomic E-state index is -3.65. The number of nitrogens with zero attached hydrogens (tertiary/aromatic N) is 1. The van der Waals surface area contributed by atoms with E-state index in [4.69, 9.17) is 0 Å². The molecule has 3 unspecified atom stereocenters. The highest BCUT2D eigenvalue weighted by Gasteiger charge is 2.45. The van der Waals surface area contributed by atoms with E-state index in [1.54, 1.807) is 12.1 Å². The number of hydrogen-bond donors (Lipinski definition) is 1. The van der Waals surface area contributed by atoms with Crippen molar-refractivity contribution in [1.29, 1.82) is 0 Å². The average molecular weight is 327 g/mol. The van der Waals surface area contributed by atoms with Gasteiger partial charge in [0.1, 0.15) is 0 Å². The largest absolute Gasteiger partial charge is 0.586 e. The van der Waals surface area contributed by atoms with Gasteiger partial charge < -0.3 is 14.6 Å². The van der Waals surface area contributed by atoms with Crippen molar-refractivity contribution in [2.24, 2.45) is 5.92 Å². The van der Waals surface area contributed by atoms with E-state index in [1.165, 1.54) is 6.07 Å². The van der Waals surface area contributed by atoms with Crippen LogP contribution in [0.3, 0.4) is 0 Å². The van der Waals surface area contributed by atoms with E-state index < -0.39 is 18.2 Å².